The first-order valence-electron chi connectivity index (χ1n) is 8.78. The number of nitrogens with one attached hydrogen (secondary N) is 2. The minimum Gasteiger partial charge on any atom is -0.457 e. The molecule has 27 heavy (non-hydrogen) atoms. The maximum absolute atomic E-state index is 12.3. The van der Waals surface area contributed by atoms with E-state index in [1.165, 1.54) is 0 Å². The van der Waals surface area contributed by atoms with Gasteiger partial charge in [0.15, 0.2) is 0 Å². The molecule has 0 bridgehead atoms. The Labute approximate surface area is 159 Å². The number of hydrogen-bond acceptors (Lipinski definition) is 4. The predicted octanol–water partition coefficient (Wildman–Crippen LogP) is 5.15. The smallest absolute Gasteiger partial charge is 0.270 e. The van der Waals surface area contributed by atoms with E-state index in [0.29, 0.717) is 5.69 Å². The van der Waals surface area contributed by atoms with Crippen molar-refractivity contribution in [3.8, 4) is 11.5 Å². The van der Waals surface area contributed by atoms with Crippen molar-refractivity contribution < 1.29 is 9.53 Å². The van der Waals surface area contributed by atoms with E-state index in [-0.39, 0.29) is 11.4 Å². The van der Waals surface area contributed by atoms with Crippen molar-refractivity contribution in [3.05, 3.63) is 78.6 Å². The Hall–Kier alpha value is -3.34. The molecule has 3 aromatic rings. The second kappa shape index (κ2) is 7.91. The third kappa shape index (κ3) is 5.57. The number of anilines is 2. The average Bonchev–Trinajstić information content (AvgIpc) is 2.63. The van der Waals surface area contributed by atoms with Gasteiger partial charge in [-0.3, -0.25) is 9.78 Å². The number of para-hydroxylation sites is 1. The van der Waals surface area contributed by atoms with E-state index in [1.807, 2.05) is 81.4 Å². The van der Waals surface area contributed by atoms with Crippen LogP contribution in [0.3, 0.4) is 0 Å². The van der Waals surface area contributed by atoms with Crippen molar-refractivity contribution in [3.63, 3.8) is 0 Å². The number of aromatic nitrogens is 1. The van der Waals surface area contributed by atoms with Gasteiger partial charge in [0.05, 0.1) is 0 Å². The fraction of sp³-hybridized carbons (Fsp3) is 0.182. The minimum absolute atomic E-state index is 0.197. The van der Waals surface area contributed by atoms with Crippen LogP contribution in [0.15, 0.2) is 72.9 Å². The van der Waals surface area contributed by atoms with E-state index in [9.17, 15) is 4.79 Å². The van der Waals surface area contributed by atoms with Gasteiger partial charge in [0.2, 0.25) is 0 Å². The molecule has 0 spiro atoms. The molecule has 2 N–H and O–H groups in total. The first kappa shape index (κ1) is 18.5. The summed E-state index contributed by atoms with van der Waals surface area (Å²) in [4.78, 5) is 16.4. The van der Waals surface area contributed by atoms with Crippen molar-refractivity contribution in [2.24, 2.45) is 0 Å². The zero-order valence-electron chi connectivity index (χ0n) is 15.7. The van der Waals surface area contributed by atoms with Crippen LogP contribution in [0.4, 0.5) is 11.4 Å². The molecule has 0 radical (unpaired) electrons. The monoisotopic (exact) mass is 361 g/mol. The van der Waals surface area contributed by atoms with Crippen LogP contribution in [0, 0.1) is 0 Å². The highest BCUT2D eigenvalue weighted by Crippen LogP contribution is 2.24. The molecule has 0 aliphatic carbocycles. The van der Waals surface area contributed by atoms with Crippen LogP contribution in [0.25, 0.3) is 0 Å². The lowest BCUT2D eigenvalue weighted by Gasteiger charge is -2.20. The minimum atomic E-state index is -0.309. The first-order valence-corrected chi connectivity index (χ1v) is 8.78. The number of nitrogens with zero attached hydrogens (tertiary/aromatic N) is 1. The third-order valence-corrected chi connectivity index (χ3v) is 3.60. The molecule has 0 fully saturated rings. The van der Waals surface area contributed by atoms with E-state index >= 15 is 0 Å². The standard InChI is InChI=1S/C22H23N3O2/c1-22(2,3)25-21(26)20-15-17(13-14-23-20)24-16-9-11-19(12-10-16)27-18-7-5-4-6-8-18/h4-15H,1-3H3,(H,23,24)(H,25,26). The number of hydrogen-bond donors (Lipinski definition) is 2. The molecule has 3 rings (SSSR count). The van der Waals surface area contributed by atoms with Crippen LogP contribution in [-0.4, -0.2) is 16.4 Å². The SMILES string of the molecule is CC(C)(C)NC(=O)c1cc(Nc2ccc(Oc3ccccc3)cc2)ccn1. The molecule has 5 heteroatoms. The van der Waals surface area contributed by atoms with Crippen molar-refractivity contribution in [1.82, 2.24) is 10.3 Å². The molecular formula is C22H23N3O2. The quantitative estimate of drug-likeness (QED) is 0.660. The first-order chi connectivity index (χ1) is 12.9. The Morgan fingerprint density at radius 1 is 0.889 bits per heavy atom. The Kier molecular flexibility index (Phi) is 5.41. The Balaban J connectivity index is 1.67. The molecule has 1 aromatic heterocycles. The number of rotatable bonds is 5. The van der Waals surface area contributed by atoms with Gasteiger partial charge in [-0.05, 0) is 69.3 Å². The average molecular weight is 361 g/mol. The number of carbonyl (C=O) groups is 1. The van der Waals surface area contributed by atoms with Crippen LogP contribution < -0.4 is 15.4 Å². The summed E-state index contributed by atoms with van der Waals surface area (Å²) in [6.07, 6.45) is 1.62. The van der Waals surface area contributed by atoms with Crippen molar-refractivity contribution in [2.75, 3.05) is 5.32 Å². The molecule has 0 saturated carbocycles. The molecule has 0 unspecified atom stereocenters. The zero-order chi connectivity index (χ0) is 19.3. The van der Waals surface area contributed by atoms with Gasteiger partial charge in [-0.25, -0.2) is 0 Å². The lowest BCUT2D eigenvalue weighted by atomic mass is 10.1. The van der Waals surface area contributed by atoms with Crippen molar-refractivity contribution in [2.45, 2.75) is 26.3 Å². The van der Waals surface area contributed by atoms with E-state index in [4.69, 9.17) is 4.74 Å². The molecule has 0 atom stereocenters. The molecule has 0 aliphatic rings. The van der Waals surface area contributed by atoms with Gasteiger partial charge >= 0.3 is 0 Å². The lowest BCUT2D eigenvalue weighted by Crippen LogP contribution is -2.40. The van der Waals surface area contributed by atoms with E-state index in [2.05, 4.69) is 15.6 Å². The number of pyridine rings is 1. The molecular weight excluding hydrogens is 338 g/mol. The Morgan fingerprint density at radius 2 is 1.56 bits per heavy atom. The van der Waals surface area contributed by atoms with E-state index in [0.717, 1.165) is 22.9 Å². The highest BCUT2D eigenvalue weighted by Gasteiger charge is 2.16. The van der Waals surface area contributed by atoms with Crippen LogP contribution in [-0.2, 0) is 0 Å². The van der Waals surface area contributed by atoms with Gasteiger partial charge in [0.25, 0.3) is 5.91 Å². The summed E-state index contributed by atoms with van der Waals surface area (Å²) in [6, 6.07) is 20.8. The molecule has 1 heterocycles. The maximum atomic E-state index is 12.3. The molecule has 138 valence electrons. The van der Waals surface area contributed by atoms with Crippen LogP contribution >= 0.6 is 0 Å². The van der Waals surface area contributed by atoms with Gasteiger partial charge in [0.1, 0.15) is 17.2 Å². The van der Waals surface area contributed by atoms with Gasteiger partial charge < -0.3 is 15.4 Å². The molecule has 2 aromatic carbocycles. The molecule has 5 nitrogen and oxygen atoms in total. The lowest BCUT2D eigenvalue weighted by molar-refractivity contribution is 0.0914. The second-order valence-corrected chi connectivity index (χ2v) is 7.20. The summed E-state index contributed by atoms with van der Waals surface area (Å²) >= 11 is 0. The molecule has 1 amide bonds. The normalized spacial score (nSPS) is 10.9. The van der Waals surface area contributed by atoms with Crippen LogP contribution in [0.1, 0.15) is 31.3 Å². The highest BCUT2D eigenvalue weighted by atomic mass is 16.5. The van der Waals surface area contributed by atoms with Gasteiger partial charge in [-0.15, -0.1) is 0 Å². The van der Waals surface area contributed by atoms with Crippen molar-refractivity contribution in [1.29, 1.82) is 0 Å². The van der Waals surface area contributed by atoms with Crippen LogP contribution in [0.2, 0.25) is 0 Å². The largest absolute Gasteiger partial charge is 0.457 e. The molecule has 0 aliphatic heterocycles. The Morgan fingerprint density at radius 3 is 2.22 bits per heavy atom. The number of carbonyl (C=O) groups excluding carboxylic acids is 1. The van der Waals surface area contributed by atoms with Crippen molar-refractivity contribution >= 4 is 17.3 Å². The predicted molar refractivity (Wildman–Crippen MR) is 108 cm³/mol. The topological polar surface area (TPSA) is 63.2 Å². The summed E-state index contributed by atoms with van der Waals surface area (Å²) in [5.74, 6) is 1.35. The van der Waals surface area contributed by atoms with Gasteiger partial charge in [-0.2, -0.15) is 0 Å². The fourth-order valence-electron chi connectivity index (χ4n) is 2.43. The summed E-state index contributed by atoms with van der Waals surface area (Å²) < 4.78 is 5.79. The summed E-state index contributed by atoms with van der Waals surface area (Å²) in [7, 11) is 0. The number of benzene rings is 2. The van der Waals surface area contributed by atoms with Crippen LogP contribution in [0.5, 0.6) is 11.5 Å². The summed E-state index contributed by atoms with van der Waals surface area (Å²) in [6.45, 7) is 5.81. The highest BCUT2D eigenvalue weighted by molar-refractivity contribution is 5.93. The fourth-order valence-corrected chi connectivity index (χ4v) is 2.43. The Bertz CT molecular complexity index is 901. The summed E-state index contributed by atoms with van der Waals surface area (Å²) in [5, 5.41) is 6.19. The van der Waals surface area contributed by atoms with E-state index in [1.54, 1.807) is 12.3 Å². The number of ether oxygens (including phenoxy) is 1. The maximum Gasteiger partial charge on any atom is 0.270 e. The molecule has 0 saturated heterocycles. The van der Waals surface area contributed by atoms with Gasteiger partial charge in [0, 0.05) is 23.1 Å². The zero-order valence-corrected chi connectivity index (χ0v) is 15.7. The second-order valence-electron chi connectivity index (χ2n) is 7.20. The third-order valence-electron chi connectivity index (χ3n) is 3.60. The number of amides is 1. The summed E-state index contributed by atoms with van der Waals surface area (Å²) in [5.41, 5.74) is 1.75. The van der Waals surface area contributed by atoms with Gasteiger partial charge in [-0.1, -0.05) is 18.2 Å². The van der Waals surface area contributed by atoms with E-state index < -0.39 is 0 Å².